The summed E-state index contributed by atoms with van der Waals surface area (Å²) in [5.74, 6) is 1.87. The molecule has 6 rings (SSSR count). The SMILES string of the molecule is Cc1ccc2c(ccc3ccccc32)c1Oc1c(C)ccc2c1ccc1ccccc12. The molecule has 0 aliphatic rings. The second-order valence-corrected chi connectivity index (χ2v) is 8.29. The zero-order valence-electron chi connectivity index (χ0n) is 17.6. The van der Waals surface area contributed by atoms with Crippen molar-refractivity contribution in [3.05, 3.63) is 108 Å². The van der Waals surface area contributed by atoms with Gasteiger partial charge in [0.15, 0.2) is 0 Å². The Balaban J connectivity index is 1.62. The standard InChI is InChI=1S/C30H22O/c1-19-11-15-25-23-9-5-3-7-21(23)13-17-27(25)29(19)31-30-20(2)12-16-26-24-10-6-4-8-22(24)14-18-28(26)30/h3-18H,1-2H3. The summed E-state index contributed by atoms with van der Waals surface area (Å²) in [7, 11) is 0. The van der Waals surface area contributed by atoms with Gasteiger partial charge in [-0.25, -0.2) is 0 Å². The Labute approximate surface area is 181 Å². The van der Waals surface area contributed by atoms with E-state index in [1.807, 2.05) is 0 Å². The van der Waals surface area contributed by atoms with Crippen molar-refractivity contribution in [2.75, 3.05) is 0 Å². The fourth-order valence-electron chi connectivity index (χ4n) is 4.71. The van der Waals surface area contributed by atoms with E-state index >= 15 is 0 Å². The maximum Gasteiger partial charge on any atom is 0.138 e. The molecule has 1 nitrogen and oxygen atoms in total. The van der Waals surface area contributed by atoms with Gasteiger partial charge >= 0.3 is 0 Å². The second kappa shape index (κ2) is 6.85. The number of rotatable bonds is 2. The van der Waals surface area contributed by atoms with Crippen molar-refractivity contribution in [2.45, 2.75) is 13.8 Å². The lowest BCUT2D eigenvalue weighted by Gasteiger charge is -2.17. The van der Waals surface area contributed by atoms with E-state index in [4.69, 9.17) is 4.74 Å². The third-order valence-corrected chi connectivity index (χ3v) is 6.35. The predicted octanol–water partition coefficient (Wildman–Crippen LogP) is 8.71. The van der Waals surface area contributed by atoms with Crippen LogP contribution in [0.15, 0.2) is 97.1 Å². The van der Waals surface area contributed by atoms with Crippen LogP contribution in [0.3, 0.4) is 0 Å². The minimum atomic E-state index is 0.937. The summed E-state index contributed by atoms with van der Waals surface area (Å²) in [5.41, 5.74) is 2.28. The Morgan fingerprint density at radius 2 is 0.806 bits per heavy atom. The van der Waals surface area contributed by atoms with Crippen LogP contribution in [0.25, 0.3) is 43.1 Å². The van der Waals surface area contributed by atoms with E-state index in [0.29, 0.717) is 0 Å². The van der Waals surface area contributed by atoms with E-state index in [1.54, 1.807) is 0 Å². The van der Waals surface area contributed by atoms with Crippen LogP contribution in [0.5, 0.6) is 11.5 Å². The lowest BCUT2D eigenvalue weighted by molar-refractivity contribution is 0.487. The molecule has 0 aliphatic heterocycles. The Hall–Kier alpha value is -3.84. The molecule has 0 spiro atoms. The smallest absolute Gasteiger partial charge is 0.138 e. The highest BCUT2D eigenvalue weighted by Crippen LogP contribution is 2.41. The summed E-state index contributed by atoms with van der Waals surface area (Å²) in [6, 6.07) is 34.6. The van der Waals surface area contributed by atoms with Gasteiger partial charge in [0.1, 0.15) is 11.5 Å². The van der Waals surface area contributed by atoms with Gasteiger partial charge in [0, 0.05) is 10.8 Å². The molecule has 0 amide bonds. The number of hydrogen-bond acceptors (Lipinski definition) is 1. The van der Waals surface area contributed by atoms with Crippen LogP contribution in [-0.4, -0.2) is 0 Å². The van der Waals surface area contributed by atoms with Gasteiger partial charge in [0.2, 0.25) is 0 Å². The van der Waals surface area contributed by atoms with E-state index in [-0.39, 0.29) is 0 Å². The van der Waals surface area contributed by atoms with E-state index in [2.05, 4.69) is 111 Å². The normalized spacial score (nSPS) is 11.5. The van der Waals surface area contributed by atoms with E-state index < -0.39 is 0 Å². The highest BCUT2D eigenvalue weighted by atomic mass is 16.5. The van der Waals surface area contributed by atoms with Crippen molar-refractivity contribution < 1.29 is 4.74 Å². The van der Waals surface area contributed by atoms with Gasteiger partial charge in [-0.15, -0.1) is 0 Å². The van der Waals surface area contributed by atoms with Crippen LogP contribution in [0, 0.1) is 13.8 Å². The number of ether oxygens (including phenoxy) is 1. The van der Waals surface area contributed by atoms with Crippen LogP contribution in [-0.2, 0) is 0 Å². The summed E-state index contributed by atoms with van der Waals surface area (Å²) in [6.07, 6.45) is 0. The number of fused-ring (bicyclic) bond motifs is 6. The molecule has 0 N–H and O–H groups in total. The average molecular weight is 399 g/mol. The van der Waals surface area contributed by atoms with Gasteiger partial charge in [-0.05, 0) is 69.4 Å². The van der Waals surface area contributed by atoms with Crippen molar-refractivity contribution in [2.24, 2.45) is 0 Å². The maximum atomic E-state index is 6.76. The topological polar surface area (TPSA) is 9.23 Å². The Bertz CT molecular complexity index is 1500. The van der Waals surface area contributed by atoms with Gasteiger partial charge in [0.05, 0.1) is 0 Å². The lowest BCUT2D eigenvalue weighted by atomic mass is 9.98. The van der Waals surface area contributed by atoms with Gasteiger partial charge < -0.3 is 4.74 Å². The highest BCUT2D eigenvalue weighted by molar-refractivity contribution is 6.11. The zero-order chi connectivity index (χ0) is 20.9. The molecular weight excluding hydrogens is 376 g/mol. The Morgan fingerprint density at radius 3 is 1.29 bits per heavy atom. The van der Waals surface area contributed by atoms with Gasteiger partial charge in [-0.2, -0.15) is 0 Å². The van der Waals surface area contributed by atoms with Crippen molar-refractivity contribution in [1.82, 2.24) is 0 Å². The van der Waals surface area contributed by atoms with Gasteiger partial charge in [0.25, 0.3) is 0 Å². The first-order chi connectivity index (χ1) is 15.2. The van der Waals surface area contributed by atoms with Crippen LogP contribution in [0.4, 0.5) is 0 Å². The lowest BCUT2D eigenvalue weighted by Crippen LogP contribution is -1.94. The Morgan fingerprint density at radius 1 is 0.387 bits per heavy atom. The van der Waals surface area contributed by atoms with Crippen molar-refractivity contribution in [1.29, 1.82) is 0 Å². The Kier molecular flexibility index (Phi) is 3.97. The van der Waals surface area contributed by atoms with Crippen molar-refractivity contribution in [3.8, 4) is 11.5 Å². The summed E-state index contributed by atoms with van der Waals surface area (Å²) in [4.78, 5) is 0. The van der Waals surface area contributed by atoms with Crippen LogP contribution in [0.1, 0.15) is 11.1 Å². The average Bonchev–Trinajstić information content (AvgIpc) is 2.81. The molecular formula is C30H22O. The monoisotopic (exact) mass is 398 g/mol. The zero-order valence-corrected chi connectivity index (χ0v) is 17.6. The highest BCUT2D eigenvalue weighted by Gasteiger charge is 2.14. The molecule has 0 aromatic heterocycles. The molecule has 0 fully saturated rings. The third kappa shape index (κ3) is 2.78. The largest absolute Gasteiger partial charge is 0.456 e. The fourth-order valence-corrected chi connectivity index (χ4v) is 4.71. The molecule has 0 saturated carbocycles. The molecule has 6 aromatic rings. The molecule has 1 heteroatoms. The quantitative estimate of drug-likeness (QED) is 0.265. The van der Waals surface area contributed by atoms with E-state index in [9.17, 15) is 0 Å². The van der Waals surface area contributed by atoms with Gasteiger partial charge in [-0.1, -0.05) is 84.9 Å². The number of benzene rings is 6. The van der Waals surface area contributed by atoms with Crippen LogP contribution >= 0.6 is 0 Å². The van der Waals surface area contributed by atoms with Crippen LogP contribution in [0.2, 0.25) is 0 Å². The van der Waals surface area contributed by atoms with Crippen molar-refractivity contribution in [3.63, 3.8) is 0 Å². The van der Waals surface area contributed by atoms with E-state index in [0.717, 1.165) is 33.4 Å². The minimum absolute atomic E-state index is 0.937. The molecule has 0 bridgehead atoms. The molecule has 0 radical (unpaired) electrons. The molecule has 0 saturated heterocycles. The molecule has 0 atom stereocenters. The first-order valence-corrected chi connectivity index (χ1v) is 10.7. The maximum absolute atomic E-state index is 6.76. The van der Waals surface area contributed by atoms with Crippen molar-refractivity contribution >= 4 is 43.1 Å². The van der Waals surface area contributed by atoms with E-state index in [1.165, 1.54) is 32.3 Å². The second-order valence-electron chi connectivity index (χ2n) is 8.29. The molecule has 31 heavy (non-hydrogen) atoms. The summed E-state index contributed by atoms with van der Waals surface area (Å²) >= 11 is 0. The van der Waals surface area contributed by atoms with Crippen LogP contribution < -0.4 is 4.74 Å². The minimum Gasteiger partial charge on any atom is -0.456 e. The molecule has 148 valence electrons. The van der Waals surface area contributed by atoms with Gasteiger partial charge in [-0.3, -0.25) is 0 Å². The summed E-state index contributed by atoms with van der Waals surface area (Å²) in [5, 5.41) is 9.75. The number of hydrogen-bond donors (Lipinski definition) is 0. The summed E-state index contributed by atoms with van der Waals surface area (Å²) in [6.45, 7) is 4.25. The number of aryl methyl sites for hydroxylation is 2. The third-order valence-electron chi connectivity index (χ3n) is 6.35. The molecule has 0 unspecified atom stereocenters. The summed E-state index contributed by atoms with van der Waals surface area (Å²) < 4.78 is 6.76. The first kappa shape index (κ1) is 18.0. The molecule has 6 aromatic carbocycles. The molecule has 0 aliphatic carbocycles. The first-order valence-electron chi connectivity index (χ1n) is 10.7. The fraction of sp³-hybridized carbons (Fsp3) is 0.0667. The predicted molar refractivity (Wildman–Crippen MR) is 132 cm³/mol. The molecule has 0 heterocycles.